The van der Waals surface area contributed by atoms with Crippen molar-refractivity contribution in [3.05, 3.63) is 36.1 Å². The third-order valence-electron chi connectivity index (χ3n) is 1.62. The van der Waals surface area contributed by atoms with Crippen molar-refractivity contribution in [3.8, 4) is 0 Å². The van der Waals surface area contributed by atoms with Gasteiger partial charge in [-0.25, -0.2) is 0 Å². The van der Waals surface area contributed by atoms with Gasteiger partial charge in [0.05, 0.1) is 0 Å². The summed E-state index contributed by atoms with van der Waals surface area (Å²) in [7, 11) is 0. The van der Waals surface area contributed by atoms with Gasteiger partial charge in [-0.1, -0.05) is 18.2 Å². The Balaban J connectivity index is 2.67. The van der Waals surface area contributed by atoms with Crippen LogP contribution in [0.1, 0.15) is 19.8 Å². The maximum atomic E-state index is 11.0. The molecule has 0 radical (unpaired) electrons. The van der Waals surface area contributed by atoms with Crippen LogP contribution in [-0.4, -0.2) is 5.91 Å². The number of hydrogen-bond donors (Lipinski definition) is 1. The third-order valence-corrected chi connectivity index (χ3v) is 1.62. The van der Waals surface area contributed by atoms with Crippen molar-refractivity contribution < 1.29 is 4.79 Å². The Bertz CT molecular complexity index is 249. The number of nitrogens with one attached hydrogen (secondary N) is 1. The van der Waals surface area contributed by atoms with Crippen molar-refractivity contribution >= 4 is 5.91 Å². The van der Waals surface area contributed by atoms with Crippen molar-refractivity contribution in [1.82, 2.24) is 5.32 Å². The first kappa shape index (κ1) is 8.78. The lowest BCUT2D eigenvalue weighted by Crippen LogP contribution is -2.16. The topological polar surface area (TPSA) is 29.1 Å². The van der Waals surface area contributed by atoms with Crippen molar-refractivity contribution in [2.45, 2.75) is 19.8 Å². The summed E-state index contributed by atoms with van der Waals surface area (Å²) in [5.41, 5.74) is 1.13. The lowest BCUT2D eigenvalue weighted by atomic mass is 10.2. The molecular weight excluding hydrogens is 150 g/mol. The lowest BCUT2D eigenvalue weighted by Gasteiger charge is -1.98. The minimum absolute atomic E-state index is 0.0746. The van der Waals surface area contributed by atoms with E-state index in [4.69, 9.17) is 0 Å². The van der Waals surface area contributed by atoms with Crippen LogP contribution in [-0.2, 0) is 4.79 Å². The van der Waals surface area contributed by atoms with E-state index >= 15 is 0 Å². The van der Waals surface area contributed by atoms with Gasteiger partial charge in [-0.05, 0) is 25.0 Å². The number of amides is 1. The molecule has 0 aromatic carbocycles. The summed E-state index contributed by atoms with van der Waals surface area (Å²) in [6.07, 6.45) is 11.0. The van der Waals surface area contributed by atoms with Crippen LogP contribution in [0.25, 0.3) is 0 Å². The molecule has 0 saturated carbocycles. The van der Waals surface area contributed by atoms with Gasteiger partial charge in [0.15, 0.2) is 0 Å². The zero-order valence-corrected chi connectivity index (χ0v) is 7.21. The highest BCUT2D eigenvalue weighted by molar-refractivity contribution is 5.77. The number of allylic oxidation sites excluding steroid dienone is 5. The molecule has 0 spiro atoms. The fourth-order valence-electron chi connectivity index (χ4n) is 0.924. The Labute approximate surface area is 72.7 Å². The molecule has 1 aliphatic rings. The predicted molar refractivity (Wildman–Crippen MR) is 49.4 cm³/mol. The lowest BCUT2D eigenvalue weighted by molar-refractivity contribution is -0.120. The Morgan fingerprint density at radius 2 is 2.33 bits per heavy atom. The van der Waals surface area contributed by atoms with Crippen molar-refractivity contribution in [2.24, 2.45) is 0 Å². The van der Waals surface area contributed by atoms with E-state index in [2.05, 4.69) is 5.32 Å². The highest BCUT2D eigenvalue weighted by Crippen LogP contribution is 1.99. The molecule has 0 bridgehead atoms. The van der Waals surface area contributed by atoms with E-state index < -0.39 is 0 Å². The zero-order chi connectivity index (χ0) is 8.81. The Kier molecular flexibility index (Phi) is 3.33. The minimum Gasteiger partial charge on any atom is -0.333 e. The van der Waals surface area contributed by atoms with Gasteiger partial charge in [-0.3, -0.25) is 4.79 Å². The summed E-state index contributed by atoms with van der Waals surface area (Å²) >= 11 is 0. The third kappa shape index (κ3) is 3.19. The second-order valence-electron chi connectivity index (χ2n) is 2.78. The maximum Gasteiger partial charge on any atom is 0.224 e. The Morgan fingerprint density at radius 3 is 3.17 bits per heavy atom. The van der Waals surface area contributed by atoms with Crippen molar-refractivity contribution in [3.63, 3.8) is 0 Å². The smallest absolute Gasteiger partial charge is 0.224 e. The van der Waals surface area contributed by atoms with Crippen LogP contribution >= 0.6 is 0 Å². The molecule has 1 N–H and O–H groups in total. The second-order valence-corrected chi connectivity index (χ2v) is 2.78. The molecule has 0 fully saturated rings. The first-order valence-electron chi connectivity index (χ1n) is 4.08. The Hall–Kier alpha value is -1.31. The molecule has 2 nitrogen and oxygen atoms in total. The summed E-state index contributed by atoms with van der Waals surface area (Å²) in [5, 5.41) is 2.69. The van der Waals surface area contributed by atoms with Crippen LogP contribution in [0.5, 0.6) is 0 Å². The van der Waals surface area contributed by atoms with E-state index in [1.165, 1.54) is 0 Å². The highest BCUT2D eigenvalue weighted by Gasteiger charge is 1.95. The largest absolute Gasteiger partial charge is 0.333 e. The van der Waals surface area contributed by atoms with Gasteiger partial charge in [0.25, 0.3) is 0 Å². The van der Waals surface area contributed by atoms with Crippen LogP contribution in [0, 0.1) is 0 Å². The van der Waals surface area contributed by atoms with Crippen molar-refractivity contribution in [2.75, 3.05) is 0 Å². The quantitative estimate of drug-likeness (QED) is 0.580. The predicted octanol–water partition coefficient (Wildman–Crippen LogP) is 1.91. The van der Waals surface area contributed by atoms with Gasteiger partial charge < -0.3 is 5.32 Å². The monoisotopic (exact) mass is 163 g/mol. The van der Waals surface area contributed by atoms with Crippen LogP contribution in [0.3, 0.4) is 0 Å². The summed E-state index contributed by atoms with van der Waals surface area (Å²) in [6.45, 7) is 1.99. The van der Waals surface area contributed by atoms with E-state index in [0.717, 1.165) is 12.0 Å². The number of rotatable bonds is 0. The highest BCUT2D eigenvalue weighted by atomic mass is 16.1. The maximum absolute atomic E-state index is 11.0. The van der Waals surface area contributed by atoms with Gasteiger partial charge in [0.2, 0.25) is 5.91 Å². The van der Waals surface area contributed by atoms with Crippen LogP contribution in [0.15, 0.2) is 36.1 Å². The van der Waals surface area contributed by atoms with Gasteiger partial charge in [-0.2, -0.15) is 0 Å². The fraction of sp³-hybridized carbons (Fsp3) is 0.300. The van der Waals surface area contributed by atoms with Crippen molar-refractivity contribution in [1.29, 1.82) is 0 Å². The van der Waals surface area contributed by atoms with E-state index in [-0.39, 0.29) is 5.91 Å². The van der Waals surface area contributed by atoms with Gasteiger partial charge in [0, 0.05) is 12.6 Å². The van der Waals surface area contributed by atoms with E-state index in [1.54, 1.807) is 6.20 Å². The molecule has 0 atom stereocenters. The zero-order valence-electron chi connectivity index (χ0n) is 7.21. The molecule has 0 saturated heterocycles. The first-order chi connectivity index (χ1) is 5.79. The number of carbonyl (C=O) groups excluding carboxylic acids is 1. The summed E-state index contributed by atoms with van der Waals surface area (Å²) in [5.74, 6) is 0.0746. The first-order valence-corrected chi connectivity index (χ1v) is 4.08. The number of hydrogen-bond acceptors (Lipinski definition) is 1. The van der Waals surface area contributed by atoms with Crippen LogP contribution < -0.4 is 5.32 Å². The molecule has 12 heavy (non-hydrogen) atoms. The molecule has 0 aromatic rings. The van der Waals surface area contributed by atoms with E-state index in [1.807, 2.05) is 31.2 Å². The molecule has 0 aromatic heterocycles. The van der Waals surface area contributed by atoms with E-state index in [0.29, 0.717) is 6.42 Å². The molecule has 2 heteroatoms. The standard InChI is InChI=1S/C10H13NO/c1-9-5-3-2-4-6-10(12)11-8-7-9/h2-3,5,7-8H,4,6H2,1H3,(H,11,12)/b3-2+,8-7+,9-5-. The second kappa shape index (κ2) is 4.54. The average molecular weight is 163 g/mol. The molecule has 1 heterocycles. The molecule has 0 unspecified atom stereocenters. The van der Waals surface area contributed by atoms with Gasteiger partial charge in [0.1, 0.15) is 0 Å². The molecular formula is C10H13NO. The summed E-state index contributed by atoms with van der Waals surface area (Å²) < 4.78 is 0. The average Bonchev–Trinajstić information content (AvgIpc) is 2.04. The molecule has 0 aliphatic carbocycles. The molecule has 1 amide bonds. The summed E-state index contributed by atoms with van der Waals surface area (Å²) in [4.78, 5) is 11.0. The molecule has 1 aliphatic heterocycles. The molecule has 1 rings (SSSR count). The fourth-order valence-corrected chi connectivity index (χ4v) is 0.924. The normalized spacial score (nSPS) is 28.1. The van der Waals surface area contributed by atoms with Gasteiger partial charge in [-0.15, -0.1) is 0 Å². The summed E-state index contributed by atoms with van der Waals surface area (Å²) in [6, 6.07) is 0. The van der Waals surface area contributed by atoms with Crippen LogP contribution in [0.4, 0.5) is 0 Å². The van der Waals surface area contributed by atoms with Crippen LogP contribution in [0.2, 0.25) is 0 Å². The number of carbonyl (C=O) groups is 1. The van der Waals surface area contributed by atoms with Gasteiger partial charge >= 0.3 is 0 Å². The Morgan fingerprint density at radius 1 is 1.50 bits per heavy atom. The van der Waals surface area contributed by atoms with E-state index in [9.17, 15) is 4.79 Å². The minimum atomic E-state index is 0.0746. The SMILES string of the molecule is CC1=C/C=C/CCC(=O)N\C=C\1. The molecule has 64 valence electrons.